The maximum atomic E-state index is 5.26. The van der Waals surface area contributed by atoms with Gasteiger partial charge < -0.3 is 15.2 Å². The molecule has 1 heterocycles. The minimum atomic E-state index is 0.218. The molecule has 1 aliphatic heterocycles. The molecular weight excluding hydrogens is 214 g/mol. The lowest BCUT2D eigenvalue weighted by Crippen LogP contribution is -2.40. The van der Waals surface area contributed by atoms with Crippen molar-refractivity contribution in [3.63, 3.8) is 0 Å². The highest BCUT2D eigenvalue weighted by Crippen LogP contribution is 2.32. The van der Waals surface area contributed by atoms with Crippen molar-refractivity contribution in [3.05, 3.63) is 23.8 Å². The average molecular weight is 225 g/mol. The number of hydrogen-bond acceptors (Lipinski definition) is 4. The van der Waals surface area contributed by atoms with Crippen LogP contribution in [0.5, 0.6) is 11.5 Å². The Morgan fingerprint density at radius 2 is 2.20 bits per heavy atom. The molecule has 2 rings (SSSR count). The Hall–Kier alpha value is -1.53. The van der Waals surface area contributed by atoms with Crippen LogP contribution in [-0.4, -0.2) is 11.9 Å². The molecule has 0 amide bonds. The van der Waals surface area contributed by atoms with Crippen LogP contribution < -0.4 is 26.1 Å². The van der Waals surface area contributed by atoms with E-state index in [1.165, 1.54) is 0 Å². The Labute approximate surface area is 92.5 Å². The van der Waals surface area contributed by atoms with Gasteiger partial charge in [-0.2, -0.15) is 0 Å². The van der Waals surface area contributed by atoms with Crippen LogP contribution in [0, 0.1) is 0 Å². The Morgan fingerprint density at radius 1 is 1.40 bits per heavy atom. The second-order valence-corrected chi connectivity index (χ2v) is 3.47. The fraction of sp³-hybridized carbons (Fsp3) is 0.222. The van der Waals surface area contributed by atoms with Gasteiger partial charge in [0.05, 0.1) is 0 Å². The topological polar surface area (TPSA) is 68.5 Å². The van der Waals surface area contributed by atoms with Crippen LogP contribution in [0.4, 0.5) is 0 Å². The van der Waals surface area contributed by atoms with Gasteiger partial charge in [0.1, 0.15) is 0 Å². The highest BCUT2D eigenvalue weighted by atomic mass is 32.1. The number of hydrogen-bond donors (Lipinski definition) is 3. The molecule has 1 aliphatic rings. The summed E-state index contributed by atoms with van der Waals surface area (Å²) in [5, 5.41) is 0.218. The van der Waals surface area contributed by atoms with Gasteiger partial charge in [-0.05, 0) is 29.9 Å². The third-order valence-corrected chi connectivity index (χ3v) is 2.04. The van der Waals surface area contributed by atoms with E-state index in [1.54, 1.807) is 0 Å². The molecule has 6 heteroatoms. The summed E-state index contributed by atoms with van der Waals surface area (Å²) < 4.78 is 10.4. The van der Waals surface area contributed by atoms with Gasteiger partial charge >= 0.3 is 0 Å². The molecule has 0 spiro atoms. The van der Waals surface area contributed by atoms with Gasteiger partial charge in [-0.3, -0.25) is 5.43 Å². The van der Waals surface area contributed by atoms with Crippen molar-refractivity contribution in [2.75, 3.05) is 6.79 Å². The first-order valence-corrected chi connectivity index (χ1v) is 4.83. The number of rotatable bonds is 3. The highest BCUT2D eigenvalue weighted by Gasteiger charge is 2.12. The lowest BCUT2D eigenvalue weighted by atomic mass is 10.2. The van der Waals surface area contributed by atoms with E-state index < -0.39 is 0 Å². The first-order chi connectivity index (χ1) is 7.25. The second kappa shape index (κ2) is 4.33. The summed E-state index contributed by atoms with van der Waals surface area (Å²) in [5.41, 5.74) is 11.8. The predicted octanol–water partition coefficient (Wildman–Crippen LogP) is 0.253. The molecule has 0 bridgehead atoms. The van der Waals surface area contributed by atoms with Crippen molar-refractivity contribution >= 4 is 17.3 Å². The number of nitrogens with two attached hydrogens (primary N) is 1. The normalized spacial score (nSPS) is 12.5. The lowest BCUT2D eigenvalue weighted by Gasteiger charge is -2.06. The van der Waals surface area contributed by atoms with Crippen LogP contribution in [0.15, 0.2) is 18.2 Å². The summed E-state index contributed by atoms with van der Waals surface area (Å²) in [5.74, 6) is 1.55. The van der Waals surface area contributed by atoms with Gasteiger partial charge in [0.25, 0.3) is 0 Å². The lowest BCUT2D eigenvalue weighted by molar-refractivity contribution is 0.174. The molecule has 5 nitrogen and oxygen atoms in total. The summed E-state index contributed by atoms with van der Waals surface area (Å²) in [6.45, 7) is 0.894. The van der Waals surface area contributed by atoms with Crippen LogP contribution in [0.3, 0.4) is 0 Å². The minimum absolute atomic E-state index is 0.218. The fourth-order valence-electron chi connectivity index (χ4n) is 1.28. The highest BCUT2D eigenvalue weighted by molar-refractivity contribution is 7.80. The van der Waals surface area contributed by atoms with Gasteiger partial charge in [-0.15, -0.1) is 0 Å². The maximum Gasteiger partial charge on any atom is 0.231 e. The molecule has 0 unspecified atom stereocenters. The van der Waals surface area contributed by atoms with Crippen LogP contribution in [0.25, 0.3) is 0 Å². The summed E-state index contributed by atoms with van der Waals surface area (Å²) in [7, 11) is 0. The number of benzene rings is 1. The largest absolute Gasteiger partial charge is 0.454 e. The van der Waals surface area contributed by atoms with Crippen molar-refractivity contribution in [2.24, 2.45) is 5.73 Å². The molecule has 0 saturated carbocycles. The molecule has 0 atom stereocenters. The zero-order valence-corrected chi connectivity index (χ0v) is 8.76. The summed E-state index contributed by atoms with van der Waals surface area (Å²) in [4.78, 5) is 0. The Kier molecular flexibility index (Phi) is 2.89. The molecule has 0 radical (unpaired) electrons. The maximum absolute atomic E-state index is 5.26. The van der Waals surface area contributed by atoms with Crippen molar-refractivity contribution < 1.29 is 9.47 Å². The van der Waals surface area contributed by atoms with E-state index in [2.05, 4.69) is 23.1 Å². The molecular formula is C9H11N3O2S. The number of fused-ring (bicyclic) bond motifs is 1. The van der Waals surface area contributed by atoms with Gasteiger partial charge in [0.2, 0.25) is 6.79 Å². The van der Waals surface area contributed by atoms with Gasteiger partial charge in [-0.1, -0.05) is 6.07 Å². The zero-order chi connectivity index (χ0) is 10.7. The average Bonchev–Trinajstić information content (AvgIpc) is 2.64. The van der Waals surface area contributed by atoms with E-state index in [9.17, 15) is 0 Å². The molecule has 0 aliphatic carbocycles. The number of ether oxygens (including phenoxy) is 2. The van der Waals surface area contributed by atoms with E-state index in [0.29, 0.717) is 6.54 Å². The minimum Gasteiger partial charge on any atom is -0.454 e. The number of thiocarbonyl (C=S) groups is 1. The molecule has 0 fully saturated rings. The first-order valence-electron chi connectivity index (χ1n) is 4.42. The van der Waals surface area contributed by atoms with E-state index in [4.69, 9.17) is 15.2 Å². The van der Waals surface area contributed by atoms with E-state index in [-0.39, 0.29) is 11.9 Å². The van der Waals surface area contributed by atoms with Crippen LogP contribution in [-0.2, 0) is 6.54 Å². The number of nitrogens with one attached hydrogen (secondary N) is 2. The monoisotopic (exact) mass is 225 g/mol. The quantitative estimate of drug-likeness (QED) is 0.506. The smallest absolute Gasteiger partial charge is 0.231 e. The molecule has 15 heavy (non-hydrogen) atoms. The van der Waals surface area contributed by atoms with Gasteiger partial charge in [0.15, 0.2) is 16.6 Å². The summed E-state index contributed by atoms with van der Waals surface area (Å²) in [6.07, 6.45) is 0. The van der Waals surface area contributed by atoms with Crippen molar-refractivity contribution in [3.8, 4) is 11.5 Å². The third kappa shape index (κ3) is 2.48. The standard InChI is InChI=1S/C9H11N3O2S/c10-9(15)12-11-4-6-1-2-7-8(3-6)14-5-13-7/h1-3,11H,4-5H2,(H3,10,12,15). The summed E-state index contributed by atoms with van der Waals surface area (Å²) >= 11 is 4.65. The first kappa shape index (κ1) is 10.0. The Balaban J connectivity index is 1.95. The number of hydrazine groups is 1. The van der Waals surface area contributed by atoms with Crippen molar-refractivity contribution in [1.29, 1.82) is 0 Å². The molecule has 0 saturated heterocycles. The van der Waals surface area contributed by atoms with Gasteiger partial charge in [0, 0.05) is 6.54 Å². The third-order valence-electron chi connectivity index (χ3n) is 1.94. The second-order valence-electron chi connectivity index (χ2n) is 3.03. The predicted molar refractivity (Wildman–Crippen MR) is 59.3 cm³/mol. The van der Waals surface area contributed by atoms with Crippen molar-refractivity contribution in [2.45, 2.75) is 6.54 Å². The Morgan fingerprint density at radius 3 is 3.00 bits per heavy atom. The van der Waals surface area contributed by atoms with Crippen LogP contribution >= 0.6 is 12.2 Å². The van der Waals surface area contributed by atoms with E-state index in [1.807, 2.05) is 18.2 Å². The molecule has 1 aromatic rings. The van der Waals surface area contributed by atoms with Crippen molar-refractivity contribution in [1.82, 2.24) is 10.9 Å². The molecule has 1 aromatic carbocycles. The van der Waals surface area contributed by atoms with E-state index >= 15 is 0 Å². The molecule has 4 N–H and O–H groups in total. The SMILES string of the molecule is NC(=S)NNCc1ccc2c(c1)OCO2. The summed E-state index contributed by atoms with van der Waals surface area (Å²) in [6, 6.07) is 5.73. The van der Waals surface area contributed by atoms with Crippen LogP contribution in [0.1, 0.15) is 5.56 Å². The van der Waals surface area contributed by atoms with Gasteiger partial charge in [-0.25, -0.2) is 5.43 Å². The van der Waals surface area contributed by atoms with E-state index in [0.717, 1.165) is 17.1 Å². The fourth-order valence-corrected chi connectivity index (χ4v) is 1.36. The van der Waals surface area contributed by atoms with Crippen LogP contribution in [0.2, 0.25) is 0 Å². The zero-order valence-electron chi connectivity index (χ0n) is 7.95. The molecule has 80 valence electrons. The molecule has 0 aromatic heterocycles. The Bertz CT molecular complexity index is 384.